The molecule has 0 aromatic heterocycles. The van der Waals surface area contributed by atoms with E-state index in [1.807, 2.05) is 13.8 Å². The molecule has 0 heterocycles. The summed E-state index contributed by atoms with van der Waals surface area (Å²) in [5.74, 6) is -0.711. The summed E-state index contributed by atoms with van der Waals surface area (Å²) in [4.78, 5) is 10.8. The van der Waals surface area contributed by atoms with Crippen molar-refractivity contribution >= 4 is 5.97 Å². The zero-order valence-electron chi connectivity index (χ0n) is 12.1. The molecule has 1 N–H and O–H groups in total. The molecule has 0 aliphatic heterocycles. The van der Waals surface area contributed by atoms with Gasteiger partial charge >= 0.3 is 5.97 Å². The van der Waals surface area contributed by atoms with Crippen LogP contribution >= 0.6 is 0 Å². The quantitative estimate of drug-likeness (QED) is 0.853. The molecule has 0 unspecified atom stereocenters. The first kappa shape index (κ1) is 14.7. The fourth-order valence-electron chi connectivity index (χ4n) is 2.57. The maximum Gasteiger partial charge on any atom is 0.303 e. The molecule has 0 bridgehead atoms. The number of benzene rings is 1. The van der Waals surface area contributed by atoms with E-state index in [1.165, 1.54) is 22.3 Å². The average molecular weight is 248 g/mol. The highest BCUT2D eigenvalue weighted by molar-refractivity contribution is 5.67. The van der Waals surface area contributed by atoms with Crippen LogP contribution < -0.4 is 0 Å². The first-order valence-electron chi connectivity index (χ1n) is 6.50. The number of carbonyl (C=O) groups is 1. The van der Waals surface area contributed by atoms with E-state index in [0.29, 0.717) is 0 Å². The first-order valence-corrected chi connectivity index (χ1v) is 6.50. The van der Waals surface area contributed by atoms with Crippen molar-refractivity contribution in [2.75, 3.05) is 0 Å². The lowest BCUT2D eigenvalue weighted by Gasteiger charge is -2.23. The summed E-state index contributed by atoms with van der Waals surface area (Å²) in [6.07, 6.45) is 2.10. The second-order valence-electron chi connectivity index (χ2n) is 6.11. The molecule has 1 rings (SSSR count). The van der Waals surface area contributed by atoms with Crippen LogP contribution in [0.15, 0.2) is 12.1 Å². The third-order valence-electron chi connectivity index (χ3n) is 3.52. The Bertz CT molecular complexity index is 421. The Morgan fingerprint density at radius 1 is 1.17 bits per heavy atom. The average Bonchev–Trinajstić information content (AvgIpc) is 2.12. The Morgan fingerprint density at radius 3 is 2.11 bits per heavy atom. The van der Waals surface area contributed by atoms with Gasteiger partial charge in [0.1, 0.15) is 0 Å². The van der Waals surface area contributed by atoms with Gasteiger partial charge in [0.2, 0.25) is 0 Å². The minimum atomic E-state index is -0.711. The zero-order valence-corrected chi connectivity index (χ0v) is 12.1. The fraction of sp³-hybridized carbons (Fsp3) is 0.562. The van der Waals surface area contributed by atoms with Crippen molar-refractivity contribution in [2.45, 2.75) is 53.9 Å². The van der Waals surface area contributed by atoms with E-state index in [2.05, 4.69) is 32.9 Å². The molecule has 0 fully saturated rings. The van der Waals surface area contributed by atoms with Crippen molar-refractivity contribution in [3.63, 3.8) is 0 Å². The molecule has 0 saturated carbocycles. The van der Waals surface area contributed by atoms with E-state index < -0.39 is 5.97 Å². The third kappa shape index (κ3) is 4.17. The predicted octanol–water partition coefficient (Wildman–Crippen LogP) is 4.05. The van der Waals surface area contributed by atoms with Crippen molar-refractivity contribution < 1.29 is 9.90 Å². The van der Waals surface area contributed by atoms with E-state index in [1.54, 1.807) is 0 Å². The molecule has 18 heavy (non-hydrogen) atoms. The van der Waals surface area contributed by atoms with Crippen LogP contribution in [0.2, 0.25) is 0 Å². The smallest absolute Gasteiger partial charge is 0.303 e. The van der Waals surface area contributed by atoms with Gasteiger partial charge in [-0.1, -0.05) is 31.5 Å². The molecule has 0 radical (unpaired) electrons. The summed E-state index contributed by atoms with van der Waals surface area (Å²) in [6, 6.07) is 4.40. The van der Waals surface area contributed by atoms with Gasteiger partial charge in [0, 0.05) is 0 Å². The van der Waals surface area contributed by atoms with Crippen molar-refractivity contribution in [1.82, 2.24) is 0 Å². The van der Waals surface area contributed by atoms with Gasteiger partial charge in [-0.25, -0.2) is 0 Å². The number of rotatable bonds is 5. The summed E-state index contributed by atoms with van der Waals surface area (Å²) in [5, 5.41) is 8.89. The molecule has 0 saturated heterocycles. The summed E-state index contributed by atoms with van der Waals surface area (Å²) >= 11 is 0. The Kier molecular flexibility index (Phi) is 4.55. The molecule has 2 nitrogen and oxygen atoms in total. The standard InChI is InChI=1S/C16H24O2/c1-11-8-12(2)14(13(3)9-11)6-7-16(4,5)10-15(17)18/h8-9H,6-7,10H2,1-5H3,(H,17,18). The summed E-state index contributed by atoms with van der Waals surface area (Å²) < 4.78 is 0. The lowest BCUT2D eigenvalue weighted by atomic mass is 9.82. The third-order valence-corrected chi connectivity index (χ3v) is 3.52. The van der Waals surface area contributed by atoms with Gasteiger partial charge in [-0.2, -0.15) is 0 Å². The lowest BCUT2D eigenvalue weighted by Crippen LogP contribution is -2.18. The van der Waals surface area contributed by atoms with E-state index in [4.69, 9.17) is 5.11 Å². The summed E-state index contributed by atoms with van der Waals surface area (Å²) in [7, 11) is 0. The highest BCUT2D eigenvalue weighted by Gasteiger charge is 2.22. The Labute approximate surface area is 110 Å². The van der Waals surface area contributed by atoms with Gasteiger partial charge in [0.25, 0.3) is 0 Å². The number of aryl methyl sites for hydroxylation is 3. The van der Waals surface area contributed by atoms with Crippen LogP contribution in [0.25, 0.3) is 0 Å². The molecular formula is C16H24O2. The SMILES string of the molecule is Cc1cc(C)c(CCC(C)(C)CC(=O)O)c(C)c1. The molecule has 0 atom stereocenters. The van der Waals surface area contributed by atoms with Gasteiger partial charge in [-0.3, -0.25) is 4.79 Å². The van der Waals surface area contributed by atoms with Crippen molar-refractivity contribution in [3.8, 4) is 0 Å². The molecule has 1 aromatic rings. The van der Waals surface area contributed by atoms with Crippen molar-refractivity contribution in [3.05, 3.63) is 34.4 Å². The first-order chi connectivity index (χ1) is 8.21. The summed E-state index contributed by atoms with van der Waals surface area (Å²) in [5.41, 5.74) is 5.16. The maximum atomic E-state index is 10.8. The van der Waals surface area contributed by atoms with Gasteiger partial charge in [0.05, 0.1) is 6.42 Å². The lowest BCUT2D eigenvalue weighted by molar-refractivity contribution is -0.139. The van der Waals surface area contributed by atoms with Crippen LogP contribution in [0.1, 0.15) is 48.9 Å². The van der Waals surface area contributed by atoms with E-state index in [9.17, 15) is 4.79 Å². The van der Waals surface area contributed by atoms with E-state index in [-0.39, 0.29) is 11.8 Å². The number of carboxylic acid groups (broad SMARTS) is 1. The van der Waals surface area contributed by atoms with Gasteiger partial charge in [0.15, 0.2) is 0 Å². The highest BCUT2D eigenvalue weighted by atomic mass is 16.4. The van der Waals surface area contributed by atoms with Crippen LogP contribution in [-0.4, -0.2) is 11.1 Å². The molecule has 1 aromatic carbocycles. The normalized spacial score (nSPS) is 11.6. The molecule has 0 aliphatic carbocycles. The summed E-state index contributed by atoms with van der Waals surface area (Å²) in [6.45, 7) is 10.4. The number of carboxylic acids is 1. The van der Waals surface area contributed by atoms with E-state index in [0.717, 1.165) is 12.8 Å². The fourth-order valence-corrected chi connectivity index (χ4v) is 2.57. The zero-order chi connectivity index (χ0) is 13.9. The van der Waals surface area contributed by atoms with Crippen LogP contribution in [-0.2, 0) is 11.2 Å². The maximum absolute atomic E-state index is 10.8. The van der Waals surface area contributed by atoms with Crippen LogP contribution in [0, 0.1) is 26.2 Å². The minimum Gasteiger partial charge on any atom is -0.481 e. The van der Waals surface area contributed by atoms with Crippen LogP contribution in [0.4, 0.5) is 0 Å². The van der Waals surface area contributed by atoms with E-state index >= 15 is 0 Å². The van der Waals surface area contributed by atoms with Crippen LogP contribution in [0.5, 0.6) is 0 Å². The topological polar surface area (TPSA) is 37.3 Å². The van der Waals surface area contributed by atoms with Crippen molar-refractivity contribution in [2.24, 2.45) is 5.41 Å². The predicted molar refractivity (Wildman–Crippen MR) is 75.0 cm³/mol. The second kappa shape index (κ2) is 5.55. The largest absolute Gasteiger partial charge is 0.481 e. The highest BCUT2D eigenvalue weighted by Crippen LogP contribution is 2.29. The number of aliphatic carboxylic acids is 1. The molecule has 2 heteroatoms. The molecule has 0 aliphatic rings. The Balaban J connectivity index is 2.78. The minimum absolute atomic E-state index is 0.143. The van der Waals surface area contributed by atoms with Gasteiger partial charge in [-0.05, 0) is 55.7 Å². The van der Waals surface area contributed by atoms with Crippen LogP contribution in [0.3, 0.4) is 0 Å². The molecular weight excluding hydrogens is 224 g/mol. The second-order valence-corrected chi connectivity index (χ2v) is 6.11. The van der Waals surface area contributed by atoms with Gasteiger partial charge < -0.3 is 5.11 Å². The van der Waals surface area contributed by atoms with Gasteiger partial charge in [-0.15, -0.1) is 0 Å². The molecule has 0 spiro atoms. The monoisotopic (exact) mass is 248 g/mol. The number of hydrogen-bond donors (Lipinski definition) is 1. The molecule has 100 valence electrons. The molecule has 0 amide bonds. The van der Waals surface area contributed by atoms with Crippen molar-refractivity contribution in [1.29, 1.82) is 0 Å². The number of hydrogen-bond acceptors (Lipinski definition) is 1. The Hall–Kier alpha value is -1.31. The Morgan fingerprint density at radius 2 is 1.67 bits per heavy atom.